The van der Waals surface area contributed by atoms with Crippen molar-refractivity contribution in [3.05, 3.63) is 0 Å². The number of hydrogen-bond acceptors (Lipinski definition) is 14. The van der Waals surface area contributed by atoms with Gasteiger partial charge in [-0.15, -0.1) is 0 Å². The van der Waals surface area contributed by atoms with Crippen LogP contribution in [0.3, 0.4) is 0 Å². The Morgan fingerprint density at radius 3 is 2.04 bits per heavy atom. The van der Waals surface area contributed by atoms with Crippen molar-refractivity contribution in [3.63, 3.8) is 0 Å². The smallest absolute Gasteiger partial charge is 0.311 e. The van der Waals surface area contributed by atoms with Crippen LogP contribution in [0, 0.1) is 23.7 Å². The summed E-state index contributed by atoms with van der Waals surface area (Å²) >= 11 is 0. The van der Waals surface area contributed by atoms with Crippen LogP contribution < -0.4 is 0 Å². The van der Waals surface area contributed by atoms with Crippen molar-refractivity contribution >= 4 is 11.8 Å². The summed E-state index contributed by atoms with van der Waals surface area (Å²) < 4.78 is 37.1. The van der Waals surface area contributed by atoms with Gasteiger partial charge in [-0.05, 0) is 74.9 Å². The van der Waals surface area contributed by atoms with Crippen LogP contribution in [0.25, 0.3) is 0 Å². The lowest BCUT2D eigenvalue weighted by Gasteiger charge is -2.49. The Labute approximate surface area is 304 Å². The summed E-state index contributed by atoms with van der Waals surface area (Å²) in [5.74, 6) is -4.98. The van der Waals surface area contributed by atoms with Crippen molar-refractivity contribution in [2.45, 2.75) is 179 Å². The Balaban J connectivity index is 2.18. The molecule has 3 fully saturated rings. The number of aliphatic hydroxyl groups is 5. The fourth-order valence-corrected chi connectivity index (χ4v) is 8.41. The molecule has 5 N–H and O–H groups in total. The number of esters is 1. The van der Waals surface area contributed by atoms with Crippen LogP contribution in [0.5, 0.6) is 0 Å². The van der Waals surface area contributed by atoms with E-state index in [1.54, 1.807) is 41.5 Å². The second-order valence-corrected chi connectivity index (χ2v) is 16.5. The molecule has 0 amide bonds. The summed E-state index contributed by atoms with van der Waals surface area (Å²) in [7, 11) is 5.18. The van der Waals surface area contributed by atoms with Crippen molar-refractivity contribution in [2.75, 3.05) is 21.2 Å². The Kier molecular flexibility index (Phi) is 14.7. The molecule has 51 heavy (non-hydrogen) atoms. The van der Waals surface area contributed by atoms with E-state index in [2.05, 4.69) is 0 Å². The van der Waals surface area contributed by atoms with Gasteiger partial charge in [0.2, 0.25) is 0 Å². The molecule has 0 radical (unpaired) electrons. The molecule has 0 aromatic carbocycles. The fraction of sp³-hybridized carbons (Fsp3) is 0.946. The van der Waals surface area contributed by atoms with Crippen LogP contribution in [-0.2, 0) is 38.0 Å². The zero-order valence-corrected chi connectivity index (χ0v) is 32.9. The average Bonchev–Trinajstić information content (AvgIpc) is 3.05. The molecule has 0 aliphatic carbocycles. The molecular weight excluding hydrogens is 666 g/mol. The molecule has 3 aliphatic rings. The SMILES string of the molecule is CC[C@@H]1OC(=O)[C@H](C)C(O[C@H]2C[C@@](C)(OC)[C@@H](O)[C@H](C)O2)C(C)[C@@H](O[C@@H]2O[C@H](C)C[C@H](N(C)C)[C@H]2O)[C@](C)(O)C[C@@H](C)C(=O)[C@H](C)[C@@H](O)[C@]1(C)O. The normalized spacial score (nSPS) is 49.7. The summed E-state index contributed by atoms with van der Waals surface area (Å²) in [5.41, 5.74) is -4.84. The Bertz CT molecular complexity index is 1170. The van der Waals surface area contributed by atoms with Crippen LogP contribution in [0.2, 0.25) is 0 Å². The molecular formula is C37H67NO13. The van der Waals surface area contributed by atoms with Crippen molar-refractivity contribution in [1.82, 2.24) is 4.90 Å². The lowest BCUT2D eigenvalue weighted by Crippen LogP contribution is -2.61. The molecule has 3 heterocycles. The van der Waals surface area contributed by atoms with Gasteiger partial charge in [0.25, 0.3) is 0 Å². The van der Waals surface area contributed by atoms with E-state index < -0.39 is 108 Å². The number of methoxy groups -OCH3 is 1. The minimum atomic E-state index is -1.99. The van der Waals surface area contributed by atoms with Gasteiger partial charge in [-0.2, -0.15) is 0 Å². The van der Waals surface area contributed by atoms with Crippen molar-refractivity contribution in [1.29, 1.82) is 0 Å². The highest BCUT2D eigenvalue weighted by Crippen LogP contribution is 2.40. The van der Waals surface area contributed by atoms with Gasteiger partial charge in [0.15, 0.2) is 12.6 Å². The summed E-state index contributed by atoms with van der Waals surface area (Å²) in [4.78, 5) is 29.8. The minimum Gasteiger partial charge on any atom is -0.459 e. The van der Waals surface area contributed by atoms with E-state index in [-0.39, 0.29) is 31.4 Å². The summed E-state index contributed by atoms with van der Waals surface area (Å²) in [6.07, 6.45) is -9.71. The van der Waals surface area contributed by atoms with Gasteiger partial charge < -0.3 is 58.9 Å². The third-order valence-electron chi connectivity index (χ3n) is 11.8. The number of ketones is 1. The van der Waals surface area contributed by atoms with E-state index >= 15 is 0 Å². The topological polar surface area (TPSA) is 194 Å². The second-order valence-electron chi connectivity index (χ2n) is 16.5. The van der Waals surface area contributed by atoms with Crippen LogP contribution in [0.15, 0.2) is 0 Å². The van der Waals surface area contributed by atoms with Crippen LogP contribution in [0.4, 0.5) is 0 Å². The number of nitrogens with zero attached hydrogens (tertiary/aromatic N) is 1. The predicted octanol–water partition coefficient (Wildman–Crippen LogP) is 1.79. The number of rotatable bonds is 7. The summed E-state index contributed by atoms with van der Waals surface area (Å²) in [6.45, 7) is 16.3. The molecule has 0 aromatic heterocycles. The Hall–Kier alpha value is -1.30. The molecule has 3 aliphatic heterocycles. The third kappa shape index (κ3) is 9.51. The molecule has 3 rings (SSSR count). The first-order chi connectivity index (χ1) is 23.4. The lowest BCUT2D eigenvalue weighted by atomic mass is 9.74. The fourth-order valence-electron chi connectivity index (χ4n) is 8.41. The molecule has 0 bridgehead atoms. The Morgan fingerprint density at radius 1 is 0.882 bits per heavy atom. The van der Waals surface area contributed by atoms with Gasteiger partial charge in [-0.1, -0.05) is 27.7 Å². The second kappa shape index (κ2) is 17.0. The number of cyclic esters (lactones) is 1. The van der Waals surface area contributed by atoms with Crippen LogP contribution >= 0.6 is 0 Å². The maximum atomic E-state index is 14.1. The molecule has 2 unspecified atom stereocenters. The van der Waals surface area contributed by atoms with Crippen molar-refractivity contribution < 1.29 is 63.5 Å². The molecule has 0 saturated carbocycles. The number of likely N-dealkylation sites (N-methyl/N-ethyl adjacent to an activating group) is 1. The lowest BCUT2D eigenvalue weighted by molar-refractivity contribution is -0.318. The highest BCUT2D eigenvalue weighted by atomic mass is 16.7. The number of hydrogen-bond donors (Lipinski definition) is 5. The van der Waals surface area contributed by atoms with Gasteiger partial charge in [-0.25, -0.2) is 0 Å². The van der Waals surface area contributed by atoms with Gasteiger partial charge in [-0.3, -0.25) is 9.59 Å². The molecule has 0 spiro atoms. The molecule has 14 nitrogen and oxygen atoms in total. The zero-order valence-electron chi connectivity index (χ0n) is 32.9. The Morgan fingerprint density at radius 2 is 1.49 bits per heavy atom. The summed E-state index contributed by atoms with van der Waals surface area (Å²) in [6, 6.07) is -0.324. The van der Waals surface area contributed by atoms with Crippen molar-refractivity contribution in [3.8, 4) is 0 Å². The third-order valence-corrected chi connectivity index (χ3v) is 11.8. The summed E-state index contributed by atoms with van der Waals surface area (Å²) in [5, 5.41) is 57.6. The standard InChI is InChI=1S/C37H67NO13/c1-14-25-37(10,45)30(41)20(4)27(39)18(2)16-35(8,44)32(51-34-28(40)24(38(11)12)15-19(3)47-34)21(5)29(22(6)33(43)49-25)50-26-17-36(9,46-13)31(42)23(7)48-26/h18-26,28-32,34,40-42,44-45H,14-17H2,1-13H3/t18-,19-,20+,21?,22-,23+,24+,25+,26+,28-,29?,30-,31+,32-,34+,35-,36-,37-/m1/s1. The van der Waals surface area contributed by atoms with E-state index in [9.17, 15) is 35.1 Å². The number of ether oxygens (including phenoxy) is 6. The van der Waals surface area contributed by atoms with Gasteiger partial charge in [0, 0.05) is 37.3 Å². The molecule has 3 saturated heterocycles. The van der Waals surface area contributed by atoms with Gasteiger partial charge >= 0.3 is 5.97 Å². The predicted molar refractivity (Wildman–Crippen MR) is 186 cm³/mol. The monoisotopic (exact) mass is 733 g/mol. The minimum absolute atomic E-state index is 0.0936. The molecule has 0 aromatic rings. The van der Waals surface area contributed by atoms with Gasteiger partial charge in [0.05, 0.1) is 47.6 Å². The number of aliphatic hydroxyl groups excluding tert-OH is 3. The van der Waals surface area contributed by atoms with E-state index in [1.807, 2.05) is 25.9 Å². The van der Waals surface area contributed by atoms with Crippen molar-refractivity contribution in [2.24, 2.45) is 23.7 Å². The number of carbonyl (C=O) groups excluding carboxylic acids is 2. The van der Waals surface area contributed by atoms with E-state index in [0.717, 1.165) is 0 Å². The van der Waals surface area contributed by atoms with E-state index in [0.29, 0.717) is 6.42 Å². The maximum Gasteiger partial charge on any atom is 0.311 e. The number of carbonyl (C=O) groups is 2. The number of Topliss-reactive ketones (excluding diaryl/α,β-unsaturated/α-hetero) is 1. The van der Waals surface area contributed by atoms with Gasteiger partial charge in [0.1, 0.15) is 29.7 Å². The largest absolute Gasteiger partial charge is 0.459 e. The molecule has 14 heteroatoms. The average molecular weight is 734 g/mol. The van der Waals surface area contributed by atoms with Crippen LogP contribution in [-0.4, -0.2) is 148 Å². The highest BCUT2D eigenvalue weighted by Gasteiger charge is 2.53. The molecule has 18 atom stereocenters. The molecule has 298 valence electrons. The first-order valence-corrected chi connectivity index (χ1v) is 18.5. The first-order valence-electron chi connectivity index (χ1n) is 18.5. The van der Waals surface area contributed by atoms with E-state index in [1.165, 1.54) is 27.9 Å². The quantitative estimate of drug-likeness (QED) is 0.238. The highest BCUT2D eigenvalue weighted by molar-refractivity contribution is 5.83. The zero-order chi connectivity index (χ0) is 39.0. The van der Waals surface area contributed by atoms with E-state index in [4.69, 9.17) is 28.4 Å². The maximum absolute atomic E-state index is 14.1. The van der Waals surface area contributed by atoms with Crippen LogP contribution in [0.1, 0.15) is 94.9 Å². The first kappa shape index (κ1) is 44.1.